The monoisotopic (exact) mass is 216 g/mol. The summed E-state index contributed by atoms with van der Waals surface area (Å²) in [6.07, 6.45) is 1.93. The van der Waals surface area contributed by atoms with Crippen molar-refractivity contribution in [2.24, 2.45) is 0 Å². The van der Waals surface area contributed by atoms with Gasteiger partial charge in [0, 0.05) is 32.2 Å². The molecular weight excluding hydrogens is 200 g/mol. The van der Waals surface area contributed by atoms with Gasteiger partial charge in [0.1, 0.15) is 0 Å². The summed E-state index contributed by atoms with van der Waals surface area (Å²) in [5.41, 5.74) is 2.29. The highest BCUT2D eigenvalue weighted by atomic mass is 15.1. The normalized spacial score (nSPS) is 21.4. The van der Waals surface area contributed by atoms with Crippen LogP contribution in [0.3, 0.4) is 0 Å². The number of piperazine rings is 1. The van der Waals surface area contributed by atoms with Crippen molar-refractivity contribution in [2.75, 3.05) is 19.6 Å². The first-order valence-corrected chi connectivity index (χ1v) is 5.77. The van der Waals surface area contributed by atoms with E-state index in [0.717, 1.165) is 31.7 Å². The van der Waals surface area contributed by atoms with Crippen LogP contribution in [0.15, 0.2) is 30.6 Å². The maximum atomic E-state index is 4.40. The van der Waals surface area contributed by atoms with E-state index in [1.54, 1.807) is 0 Å². The van der Waals surface area contributed by atoms with Crippen LogP contribution in [0.25, 0.3) is 11.0 Å². The van der Waals surface area contributed by atoms with Gasteiger partial charge in [-0.25, -0.2) is 4.98 Å². The van der Waals surface area contributed by atoms with Gasteiger partial charge in [-0.05, 0) is 12.1 Å². The van der Waals surface area contributed by atoms with Gasteiger partial charge in [-0.2, -0.15) is 0 Å². The van der Waals surface area contributed by atoms with Crippen molar-refractivity contribution in [3.63, 3.8) is 0 Å². The number of nitrogens with zero attached hydrogens (tertiary/aromatic N) is 2. The lowest BCUT2D eigenvalue weighted by atomic mass is 10.2. The number of para-hydroxylation sites is 2. The van der Waals surface area contributed by atoms with Crippen LogP contribution < -0.4 is 10.6 Å². The van der Waals surface area contributed by atoms with E-state index < -0.39 is 0 Å². The summed E-state index contributed by atoms with van der Waals surface area (Å²) in [6, 6.07) is 8.77. The largest absolute Gasteiger partial charge is 0.329 e. The van der Waals surface area contributed by atoms with Gasteiger partial charge >= 0.3 is 0 Å². The summed E-state index contributed by atoms with van der Waals surface area (Å²) >= 11 is 0. The molecule has 2 aromatic rings. The second kappa shape index (κ2) is 4.23. The highest BCUT2D eigenvalue weighted by Gasteiger charge is 2.13. The van der Waals surface area contributed by atoms with Crippen LogP contribution in [0.1, 0.15) is 0 Å². The van der Waals surface area contributed by atoms with Crippen LogP contribution in [-0.2, 0) is 6.54 Å². The van der Waals surface area contributed by atoms with E-state index in [2.05, 4.69) is 38.4 Å². The zero-order valence-corrected chi connectivity index (χ0v) is 9.19. The Hall–Kier alpha value is -1.39. The zero-order valence-electron chi connectivity index (χ0n) is 9.19. The number of hydrogen-bond acceptors (Lipinski definition) is 3. The summed E-state index contributed by atoms with van der Waals surface area (Å²) in [6.45, 7) is 4.14. The molecule has 3 rings (SSSR count). The Bertz CT molecular complexity index is 471. The average molecular weight is 216 g/mol. The molecule has 1 atom stereocenters. The SMILES string of the molecule is c1ccc2c(c1)ncn2CC1CNCCN1. The van der Waals surface area contributed by atoms with E-state index in [1.807, 2.05) is 12.4 Å². The second-order valence-electron chi connectivity index (χ2n) is 4.24. The molecule has 1 aromatic heterocycles. The average Bonchev–Trinajstić information content (AvgIpc) is 2.74. The molecule has 0 bridgehead atoms. The summed E-state index contributed by atoms with van der Waals surface area (Å²) in [7, 11) is 0. The van der Waals surface area contributed by atoms with E-state index in [9.17, 15) is 0 Å². The highest BCUT2D eigenvalue weighted by Crippen LogP contribution is 2.12. The molecule has 0 saturated carbocycles. The van der Waals surface area contributed by atoms with E-state index >= 15 is 0 Å². The minimum absolute atomic E-state index is 0.506. The molecule has 0 radical (unpaired) electrons. The van der Waals surface area contributed by atoms with Crippen LogP contribution in [0.5, 0.6) is 0 Å². The third-order valence-electron chi connectivity index (χ3n) is 3.07. The summed E-state index contributed by atoms with van der Waals surface area (Å²) in [5, 5.41) is 6.91. The fourth-order valence-corrected chi connectivity index (χ4v) is 2.24. The Labute approximate surface area is 94.7 Å². The molecule has 1 unspecified atom stereocenters. The lowest BCUT2D eigenvalue weighted by Crippen LogP contribution is -2.50. The van der Waals surface area contributed by atoms with Gasteiger partial charge in [-0.1, -0.05) is 12.1 Å². The summed E-state index contributed by atoms with van der Waals surface area (Å²) in [4.78, 5) is 4.40. The molecule has 84 valence electrons. The van der Waals surface area contributed by atoms with Crippen LogP contribution in [0, 0.1) is 0 Å². The summed E-state index contributed by atoms with van der Waals surface area (Å²) in [5.74, 6) is 0. The maximum absolute atomic E-state index is 4.40. The number of benzene rings is 1. The van der Waals surface area contributed by atoms with Crippen molar-refractivity contribution in [1.29, 1.82) is 0 Å². The van der Waals surface area contributed by atoms with E-state index in [-0.39, 0.29) is 0 Å². The zero-order chi connectivity index (χ0) is 10.8. The molecule has 4 nitrogen and oxygen atoms in total. The molecule has 4 heteroatoms. The predicted molar refractivity (Wildman–Crippen MR) is 64.4 cm³/mol. The molecule has 1 aliphatic heterocycles. The molecular formula is C12H16N4. The van der Waals surface area contributed by atoms with Crippen molar-refractivity contribution in [2.45, 2.75) is 12.6 Å². The quantitative estimate of drug-likeness (QED) is 0.772. The molecule has 1 fully saturated rings. The first-order chi connectivity index (χ1) is 7.93. The van der Waals surface area contributed by atoms with Gasteiger partial charge < -0.3 is 15.2 Å². The number of rotatable bonds is 2. The molecule has 0 aliphatic carbocycles. The minimum atomic E-state index is 0.506. The van der Waals surface area contributed by atoms with Gasteiger partial charge in [0.2, 0.25) is 0 Å². The molecule has 2 N–H and O–H groups in total. The Morgan fingerprint density at radius 3 is 3.12 bits per heavy atom. The topological polar surface area (TPSA) is 41.9 Å². The van der Waals surface area contributed by atoms with Gasteiger partial charge in [0.25, 0.3) is 0 Å². The fraction of sp³-hybridized carbons (Fsp3) is 0.417. The van der Waals surface area contributed by atoms with Crippen molar-refractivity contribution in [3.8, 4) is 0 Å². The molecule has 16 heavy (non-hydrogen) atoms. The van der Waals surface area contributed by atoms with Crippen LogP contribution in [-0.4, -0.2) is 35.2 Å². The molecule has 1 aromatic carbocycles. The molecule has 0 spiro atoms. The first kappa shape index (κ1) is 9.81. The molecule has 1 saturated heterocycles. The Kier molecular flexibility index (Phi) is 2.60. The molecule has 2 heterocycles. The van der Waals surface area contributed by atoms with Crippen molar-refractivity contribution < 1.29 is 0 Å². The number of aromatic nitrogens is 2. The second-order valence-corrected chi connectivity index (χ2v) is 4.24. The van der Waals surface area contributed by atoms with E-state index in [4.69, 9.17) is 0 Å². The minimum Gasteiger partial charge on any atom is -0.329 e. The standard InChI is InChI=1S/C12H16N4/c1-2-4-12-11(3-1)15-9-16(12)8-10-7-13-5-6-14-10/h1-4,9-10,13-14H,5-8H2. The Balaban J connectivity index is 1.83. The number of fused-ring (bicyclic) bond motifs is 1. The molecule has 1 aliphatic rings. The van der Waals surface area contributed by atoms with Crippen molar-refractivity contribution in [1.82, 2.24) is 20.2 Å². The van der Waals surface area contributed by atoms with Gasteiger partial charge in [0.15, 0.2) is 0 Å². The van der Waals surface area contributed by atoms with Crippen LogP contribution >= 0.6 is 0 Å². The molecule has 0 amide bonds. The van der Waals surface area contributed by atoms with E-state index in [0.29, 0.717) is 6.04 Å². The Morgan fingerprint density at radius 1 is 1.31 bits per heavy atom. The van der Waals surface area contributed by atoms with Crippen molar-refractivity contribution >= 4 is 11.0 Å². The fourth-order valence-electron chi connectivity index (χ4n) is 2.24. The van der Waals surface area contributed by atoms with Gasteiger partial charge in [-0.3, -0.25) is 0 Å². The van der Waals surface area contributed by atoms with Crippen molar-refractivity contribution in [3.05, 3.63) is 30.6 Å². The third-order valence-corrected chi connectivity index (χ3v) is 3.07. The lowest BCUT2D eigenvalue weighted by molar-refractivity contribution is 0.382. The highest BCUT2D eigenvalue weighted by molar-refractivity contribution is 5.74. The van der Waals surface area contributed by atoms with Gasteiger partial charge in [0.05, 0.1) is 17.4 Å². The smallest absolute Gasteiger partial charge is 0.0958 e. The number of imidazole rings is 1. The summed E-state index contributed by atoms with van der Waals surface area (Å²) < 4.78 is 2.22. The third kappa shape index (κ3) is 1.81. The van der Waals surface area contributed by atoms with Crippen LogP contribution in [0.2, 0.25) is 0 Å². The number of hydrogen-bond donors (Lipinski definition) is 2. The maximum Gasteiger partial charge on any atom is 0.0958 e. The first-order valence-electron chi connectivity index (χ1n) is 5.77. The predicted octanol–water partition coefficient (Wildman–Crippen LogP) is 0.598. The number of nitrogens with one attached hydrogen (secondary N) is 2. The van der Waals surface area contributed by atoms with Crippen LogP contribution in [0.4, 0.5) is 0 Å². The lowest BCUT2D eigenvalue weighted by Gasteiger charge is -2.24. The Morgan fingerprint density at radius 2 is 2.25 bits per heavy atom. The van der Waals surface area contributed by atoms with Gasteiger partial charge in [-0.15, -0.1) is 0 Å². The van der Waals surface area contributed by atoms with E-state index in [1.165, 1.54) is 5.52 Å².